The molecule has 4 rings (SSSR count). The van der Waals surface area contributed by atoms with E-state index in [0.717, 1.165) is 53.8 Å². The molecule has 0 unspecified atom stereocenters. The van der Waals surface area contributed by atoms with E-state index in [1.165, 1.54) is 0 Å². The van der Waals surface area contributed by atoms with Crippen LogP contribution in [-0.2, 0) is 0 Å². The van der Waals surface area contributed by atoms with Crippen LogP contribution < -0.4 is 19.7 Å². The van der Waals surface area contributed by atoms with Crippen LogP contribution in [0.1, 0.15) is 19.8 Å². The molecule has 1 aliphatic rings. The number of benzene rings is 2. The molecule has 0 saturated heterocycles. The molecule has 0 radical (unpaired) electrons. The number of nitrogens with zero attached hydrogens (tertiary/aromatic N) is 3. The zero-order valence-corrected chi connectivity index (χ0v) is 16.9. The average Bonchev–Trinajstić information content (AvgIpc) is 2.77. The maximum absolute atomic E-state index is 5.70. The lowest BCUT2D eigenvalue weighted by Crippen LogP contribution is -2.20. The van der Waals surface area contributed by atoms with Crippen molar-refractivity contribution in [2.45, 2.75) is 19.8 Å². The fourth-order valence-electron chi connectivity index (χ4n) is 3.19. The summed E-state index contributed by atoms with van der Waals surface area (Å²) >= 11 is 0. The highest BCUT2D eigenvalue weighted by molar-refractivity contribution is 5.67. The van der Waals surface area contributed by atoms with E-state index >= 15 is 0 Å². The molecule has 0 aliphatic carbocycles. The predicted octanol–water partition coefficient (Wildman–Crippen LogP) is 4.89. The Hall–Kier alpha value is -3.28. The Bertz CT molecular complexity index is 962. The van der Waals surface area contributed by atoms with Crippen LogP contribution in [0.25, 0.3) is 11.4 Å². The molecular formula is C23H26N4O2. The minimum atomic E-state index is 0.564. The van der Waals surface area contributed by atoms with Gasteiger partial charge in [-0.15, -0.1) is 0 Å². The van der Waals surface area contributed by atoms with E-state index in [1.807, 2.05) is 54.6 Å². The van der Waals surface area contributed by atoms with Crippen LogP contribution in [0.5, 0.6) is 11.5 Å². The van der Waals surface area contributed by atoms with Gasteiger partial charge in [-0.2, -0.15) is 0 Å². The molecule has 2 aromatic carbocycles. The lowest BCUT2D eigenvalue weighted by molar-refractivity contribution is 0.171. The lowest BCUT2D eigenvalue weighted by Gasteiger charge is -2.21. The molecule has 3 aromatic rings. The first-order chi connectivity index (χ1) is 14.2. The van der Waals surface area contributed by atoms with Crippen molar-refractivity contribution in [2.75, 3.05) is 37.0 Å². The lowest BCUT2D eigenvalue weighted by atomic mass is 10.2. The minimum absolute atomic E-state index is 0.564. The van der Waals surface area contributed by atoms with Crippen molar-refractivity contribution in [2.24, 2.45) is 0 Å². The van der Waals surface area contributed by atoms with Crippen LogP contribution in [-0.4, -0.2) is 36.8 Å². The average molecular weight is 390 g/mol. The van der Waals surface area contributed by atoms with Gasteiger partial charge in [0.15, 0.2) is 17.3 Å². The van der Waals surface area contributed by atoms with Gasteiger partial charge in [-0.3, -0.25) is 0 Å². The van der Waals surface area contributed by atoms with Crippen molar-refractivity contribution in [3.8, 4) is 22.9 Å². The SMILES string of the molecule is CCCCN(C)c1cc(Nc2ccc3c(c2)OCCO3)nc(-c2ccccc2)n1. The molecule has 6 heteroatoms. The van der Waals surface area contributed by atoms with Gasteiger partial charge in [-0.1, -0.05) is 43.7 Å². The molecule has 0 fully saturated rings. The molecule has 0 amide bonds. The van der Waals surface area contributed by atoms with Crippen LogP contribution in [0, 0.1) is 0 Å². The summed E-state index contributed by atoms with van der Waals surface area (Å²) in [7, 11) is 2.07. The molecule has 6 nitrogen and oxygen atoms in total. The monoisotopic (exact) mass is 390 g/mol. The fraction of sp³-hybridized carbons (Fsp3) is 0.304. The largest absolute Gasteiger partial charge is 0.486 e. The Kier molecular flexibility index (Phi) is 5.79. The summed E-state index contributed by atoms with van der Waals surface area (Å²) in [4.78, 5) is 11.7. The van der Waals surface area contributed by atoms with Crippen LogP contribution >= 0.6 is 0 Å². The first-order valence-electron chi connectivity index (χ1n) is 10.1. The molecule has 2 heterocycles. The van der Waals surface area contributed by atoms with Gasteiger partial charge in [0, 0.05) is 37.0 Å². The van der Waals surface area contributed by atoms with Gasteiger partial charge in [0.05, 0.1) is 0 Å². The molecule has 1 aliphatic heterocycles. The zero-order valence-electron chi connectivity index (χ0n) is 16.9. The first-order valence-corrected chi connectivity index (χ1v) is 10.1. The Morgan fingerprint density at radius 2 is 1.76 bits per heavy atom. The second kappa shape index (κ2) is 8.82. The summed E-state index contributed by atoms with van der Waals surface area (Å²) in [6.07, 6.45) is 2.26. The fourth-order valence-corrected chi connectivity index (χ4v) is 3.19. The maximum atomic E-state index is 5.70. The van der Waals surface area contributed by atoms with Crippen LogP contribution in [0.4, 0.5) is 17.3 Å². The number of anilines is 3. The van der Waals surface area contributed by atoms with E-state index < -0.39 is 0 Å². The quantitative estimate of drug-likeness (QED) is 0.619. The van der Waals surface area contributed by atoms with Crippen molar-refractivity contribution < 1.29 is 9.47 Å². The van der Waals surface area contributed by atoms with E-state index in [0.29, 0.717) is 19.0 Å². The molecule has 0 atom stereocenters. The summed E-state index contributed by atoms with van der Waals surface area (Å²) in [6, 6.07) is 17.9. The van der Waals surface area contributed by atoms with Crippen molar-refractivity contribution in [1.82, 2.24) is 9.97 Å². The Morgan fingerprint density at radius 3 is 2.55 bits per heavy atom. The van der Waals surface area contributed by atoms with E-state index in [2.05, 4.69) is 24.2 Å². The van der Waals surface area contributed by atoms with Crippen LogP contribution in [0.2, 0.25) is 0 Å². The molecule has 0 saturated carbocycles. The molecule has 1 N–H and O–H groups in total. The van der Waals surface area contributed by atoms with Gasteiger partial charge in [0.1, 0.15) is 24.8 Å². The summed E-state index contributed by atoms with van der Waals surface area (Å²) in [5.74, 6) is 3.86. The number of ether oxygens (including phenoxy) is 2. The van der Waals surface area contributed by atoms with E-state index in [1.54, 1.807) is 0 Å². The maximum Gasteiger partial charge on any atom is 0.163 e. The standard InChI is InChI=1S/C23H26N4O2/c1-3-4-12-27(2)22-16-21(25-23(26-22)17-8-6-5-7-9-17)24-18-10-11-19-20(15-18)29-14-13-28-19/h5-11,15-16H,3-4,12-14H2,1-2H3,(H,24,25,26). The van der Waals surface area contributed by atoms with Gasteiger partial charge in [-0.25, -0.2) is 9.97 Å². The molecule has 1 aromatic heterocycles. The Labute approximate surface area is 171 Å². The third kappa shape index (κ3) is 4.59. The van der Waals surface area contributed by atoms with Crippen molar-refractivity contribution in [3.05, 3.63) is 54.6 Å². The van der Waals surface area contributed by atoms with Crippen molar-refractivity contribution in [1.29, 1.82) is 0 Å². The smallest absolute Gasteiger partial charge is 0.163 e. The Balaban J connectivity index is 1.66. The first kappa shape index (κ1) is 19.1. The highest BCUT2D eigenvalue weighted by atomic mass is 16.6. The van der Waals surface area contributed by atoms with E-state index in [4.69, 9.17) is 19.4 Å². The van der Waals surface area contributed by atoms with Gasteiger partial charge in [-0.05, 0) is 18.6 Å². The van der Waals surface area contributed by atoms with E-state index in [9.17, 15) is 0 Å². The Morgan fingerprint density at radius 1 is 0.966 bits per heavy atom. The zero-order chi connectivity index (χ0) is 20.1. The molecular weight excluding hydrogens is 364 g/mol. The molecule has 0 spiro atoms. The highest BCUT2D eigenvalue weighted by Crippen LogP contribution is 2.34. The topological polar surface area (TPSA) is 59.5 Å². The summed E-state index contributed by atoms with van der Waals surface area (Å²) < 4.78 is 11.3. The van der Waals surface area contributed by atoms with Gasteiger partial charge >= 0.3 is 0 Å². The van der Waals surface area contributed by atoms with Crippen molar-refractivity contribution >= 4 is 17.3 Å². The normalized spacial score (nSPS) is 12.5. The number of unbranched alkanes of at least 4 members (excludes halogenated alkanes) is 1. The van der Waals surface area contributed by atoms with Gasteiger partial charge in [0.25, 0.3) is 0 Å². The number of aromatic nitrogens is 2. The van der Waals surface area contributed by atoms with Gasteiger partial charge < -0.3 is 19.7 Å². The van der Waals surface area contributed by atoms with E-state index in [-0.39, 0.29) is 0 Å². The second-order valence-electron chi connectivity index (χ2n) is 7.06. The van der Waals surface area contributed by atoms with Crippen LogP contribution in [0.3, 0.4) is 0 Å². The highest BCUT2D eigenvalue weighted by Gasteiger charge is 2.14. The van der Waals surface area contributed by atoms with Crippen LogP contribution in [0.15, 0.2) is 54.6 Å². The molecule has 150 valence electrons. The summed E-state index contributed by atoms with van der Waals surface area (Å²) in [5, 5.41) is 3.40. The number of hydrogen-bond donors (Lipinski definition) is 1. The minimum Gasteiger partial charge on any atom is -0.486 e. The second-order valence-corrected chi connectivity index (χ2v) is 7.06. The number of fused-ring (bicyclic) bond motifs is 1. The summed E-state index contributed by atoms with van der Waals surface area (Å²) in [6.45, 7) is 4.29. The number of rotatable bonds is 7. The third-order valence-electron chi connectivity index (χ3n) is 4.80. The van der Waals surface area contributed by atoms with Gasteiger partial charge in [0.2, 0.25) is 0 Å². The third-order valence-corrected chi connectivity index (χ3v) is 4.80. The number of nitrogens with one attached hydrogen (secondary N) is 1. The summed E-state index contributed by atoms with van der Waals surface area (Å²) in [5.41, 5.74) is 1.89. The molecule has 29 heavy (non-hydrogen) atoms. The number of hydrogen-bond acceptors (Lipinski definition) is 6. The predicted molar refractivity (Wildman–Crippen MR) is 116 cm³/mol. The molecule has 0 bridgehead atoms. The van der Waals surface area contributed by atoms with Crippen molar-refractivity contribution in [3.63, 3.8) is 0 Å².